The van der Waals surface area contributed by atoms with Crippen molar-refractivity contribution in [2.24, 2.45) is 0 Å². The van der Waals surface area contributed by atoms with Crippen molar-refractivity contribution in [1.82, 2.24) is 9.97 Å². The Morgan fingerprint density at radius 1 is 1.36 bits per heavy atom. The van der Waals surface area contributed by atoms with Crippen LogP contribution in [0, 0.1) is 0 Å². The third kappa shape index (κ3) is 2.95. The molecule has 0 radical (unpaired) electrons. The van der Waals surface area contributed by atoms with Gasteiger partial charge in [0.05, 0.1) is 0 Å². The second-order valence-corrected chi connectivity index (χ2v) is 3.99. The first-order valence-electron chi connectivity index (χ1n) is 5.20. The second-order valence-electron chi connectivity index (χ2n) is 3.60. The lowest BCUT2D eigenvalue weighted by molar-refractivity contribution is 0.668. The zero-order valence-electron chi connectivity index (χ0n) is 9.05. The van der Waals surface area contributed by atoms with Crippen LogP contribution in [0.4, 0.5) is 0 Å². The van der Waals surface area contributed by atoms with E-state index in [-0.39, 0.29) is 0 Å². The predicted molar refractivity (Wildman–Crippen MR) is 59.7 cm³/mol. The van der Waals surface area contributed by atoms with Crippen LogP contribution in [0.15, 0.2) is 6.07 Å². The summed E-state index contributed by atoms with van der Waals surface area (Å²) in [6, 6.07) is 1.86. The molecule has 0 aromatic carbocycles. The van der Waals surface area contributed by atoms with Crippen LogP contribution in [-0.4, -0.2) is 9.97 Å². The molecular weight excluding hydrogens is 196 g/mol. The molecule has 14 heavy (non-hydrogen) atoms. The SMILES string of the molecule is CCCc1cc(Cl)nc(C(C)CC)n1. The van der Waals surface area contributed by atoms with Gasteiger partial charge in [0.2, 0.25) is 0 Å². The van der Waals surface area contributed by atoms with Crippen LogP contribution < -0.4 is 0 Å². The molecule has 0 amide bonds. The van der Waals surface area contributed by atoms with Crippen molar-refractivity contribution in [3.63, 3.8) is 0 Å². The number of hydrogen-bond donors (Lipinski definition) is 0. The van der Waals surface area contributed by atoms with Gasteiger partial charge in [-0.3, -0.25) is 0 Å². The quantitative estimate of drug-likeness (QED) is 0.713. The normalized spacial score (nSPS) is 12.9. The van der Waals surface area contributed by atoms with Crippen LogP contribution in [0.5, 0.6) is 0 Å². The summed E-state index contributed by atoms with van der Waals surface area (Å²) in [5.41, 5.74) is 1.06. The molecule has 1 unspecified atom stereocenters. The van der Waals surface area contributed by atoms with Gasteiger partial charge in [-0.25, -0.2) is 9.97 Å². The van der Waals surface area contributed by atoms with Gasteiger partial charge in [0.1, 0.15) is 11.0 Å². The summed E-state index contributed by atoms with van der Waals surface area (Å²) in [6.45, 7) is 6.40. The van der Waals surface area contributed by atoms with Gasteiger partial charge < -0.3 is 0 Å². The van der Waals surface area contributed by atoms with E-state index in [9.17, 15) is 0 Å². The maximum Gasteiger partial charge on any atom is 0.133 e. The molecule has 0 fully saturated rings. The summed E-state index contributed by atoms with van der Waals surface area (Å²) in [7, 11) is 0. The Morgan fingerprint density at radius 3 is 2.64 bits per heavy atom. The summed E-state index contributed by atoms with van der Waals surface area (Å²) in [4.78, 5) is 8.74. The minimum Gasteiger partial charge on any atom is -0.238 e. The molecule has 0 N–H and O–H groups in total. The maximum atomic E-state index is 5.94. The Bertz CT molecular complexity index is 299. The highest BCUT2D eigenvalue weighted by molar-refractivity contribution is 6.29. The van der Waals surface area contributed by atoms with Gasteiger partial charge in [-0.1, -0.05) is 38.8 Å². The fraction of sp³-hybridized carbons (Fsp3) is 0.636. The lowest BCUT2D eigenvalue weighted by Crippen LogP contribution is -2.03. The molecule has 1 atom stereocenters. The molecule has 0 aliphatic heterocycles. The maximum absolute atomic E-state index is 5.94. The zero-order chi connectivity index (χ0) is 10.6. The molecule has 0 aliphatic rings. The highest BCUT2D eigenvalue weighted by Crippen LogP contribution is 2.17. The van der Waals surface area contributed by atoms with Gasteiger partial charge in [0.25, 0.3) is 0 Å². The minimum atomic E-state index is 0.393. The fourth-order valence-electron chi connectivity index (χ4n) is 1.27. The number of halogens is 1. The first-order chi connectivity index (χ1) is 6.67. The smallest absolute Gasteiger partial charge is 0.133 e. The van der Waals surface area contributed by atoms with Crippen LogP contribution in [0.25, 0.3) is 0 Å². The molecule has 1 aromatic rings. The van der Waals surface area contributed by atoms with Crippen LogP contribution in [-0.2, 0) is 6.42 Å². The van der Waals surface area contributed by atoms with Crippen molar-refractivity contribution >= 4 is 11.6 Å². The van der Waals surface area contributed by atoms with Gasteiger partial charge in [-0.2, -0.15) is 0 Å². The number of hydrogen-bond acceptors (Lipinski definition) is 2. The summed E-state index contributed by atoms with van der Waals surface area (Å²) in [6.07, 6.45) is 3.12. The number of aromatic nitrogens is 2. The Labute approximate surface area is 90.7 Å². The van der Waals surface area contributed by atoms with E-state index in [1.54, 1.807) is 0 Å². The third-order valence-electron chi connectivity index (χ3n) is 2.32. The number of aryl methyl sites for hydroxylation is 1. The van der Waals surface area contributed by atoms with Gasteiger partial charge in [0, 0.05) is 11.6 Å². The molecule has 0 spiro atoms. The predicted octanol–water partition coefficient (Wildman–Crippen LogP) is 3.60. The largest absolute Gasteiger partial charge is 0.238 e. The molecule has 0 aliphatic carbocycles. The van der Waals surface area contributed by atoms with E-state index < -0.39 is 0 Å². The molecular formula is C11H17ClN2. The molecule has 0 bridgehead atoms. The van der Waals surface area contributed by atoms with Crippen LogP contribution in [0.3, 0.4) is 0 Å². The average Bonchev–Trinajstić information content (AvgIpc) is 2.16. The summed E-state index contributed by atoms with van der Waals surface area (Å²) in [5, 5.41) is 0.568. The van der Waals surface area contributed by atoms with E-state index in [2.05, 4.69) is 30.7 Å². The van der Waals surface area contributed by atoms with Crippen LogP contribution in [0.1, 0.15) is 51.0 Å². The monoisotopic (exact) mass is 212 g/mol. The Balaban J connectivity index is 2.94. The zero-order valence-corrected chi connectivity index (χ0v) is 9.80. The van der Waals surface area contributed by atoms with E-state index >= 15 is 0 Å². The summed E-state index contributed by atoms with van der Waals surface area (Å²) < 4.78 is 0. The lowest BCUT2D eigenvalue weighted by atomic mass is 10.1. The van der Waals surface area contributed by atoms with Crippen LogP contribution in [0.2, 0.25) is 5.15 Å². The van der Waals surface area contributed by atoms with Crippen molar-refractivity contribution < 1.29 is 0 Å². The van der Waals surface area contributed by atoms with E-state index in [0.29, 0.717) is 11.1 Å². The third-order valence-corrected chi connectivity index (χ3v) is 2.52. The van der Waals surface area contributed by atoms with Gasteiger partial charge in [-0.15, -0.1) is 0 Å². The van der Waals surface area contributed by atoms with E-state index in [0.717, 1.165) is 30.8 Å². The Morgan fingerprint density at radius 2 is 2.07 bits per heavy atom. The standard InChI is InChI=1S/C11H17ClN2/c1-4-6-9-7-10(12)14-11(13-9)8(3)5-2/h7-8H,4-6H2,1-3H3. The van der Waals surface area contributed by atoms with Gasteiger partial charge in [-0.05, 0) is 18.9 Å². The van der Waals surface area contributed by atoms with E-state index in [1.807, 2.05) is 6.07 Å². The van der Waals surface area contributed by atoms with Crippen molar-refractivity contribution in [3.05, 3.63) is 22.7 Å². The average molecular weight is 213 g/mol. The topological polar surface area (TPSA) is 25.8 Å². The van der Waals surface area contributed by atoms with Crippen molar-refractivity contribution in [2.75, 3.05) is 0 Å². The molecule has 1 rings (SSSR count). The summed E-state index contributed by atoms with van der Waals surface area (Å²) in [5.74, 6) is 1.27. The highest BCUT2D eigenvalue weighted by atomic mass is 35.5. The van der Waals surface area contributed by atoms with Crippen LogP contribution >= 0.6 is 11.6 Å². The first kappa shape index (κ1) is 11.4. The Hall–Kier alpha value is -0.630. The summed E-state index contributed by atoms with van der Waals surface area (Å²) >= 11 is 5.94. The molecule has 78 valence electrons. The van der Waals surface area contributed by atoms with Crippen molar-refractivity contribution in [3.8, 4) is 0 Å². The van der Waals surface area contributed by atoms with Crippen molar-refractivity contribution in [1.29, 1.82) is 0 Å². The van der Waals surface area contributed by atoms with Crippen molar-refractivity contribution in [2.45, 2.75) is 46.0 Å². The number of rotatable bonds is 4. The Kier molecular flexibility index (Phi) is 4.33. The van der Waals surface area contributed by atoms with Gasteiger partial charge >= 0.3 is 0 Å². The van der Waals surface area contributed by atoms with E-state index in [1.165, 1.54) is 0 Å². The molecule has 1 aromatic heterocycles. The second kappa shape index (κ2) is 5.30. The lowest BCUT2D eigenvalue weighted by Gasteiger charge is -2.08. The molecule has 3 heteroatoms. The van der Waals surface area contributed by atoms with Gasteiger partial charge in [0.15, 0.2) is 0 Å². The highest BCUT2D eigenvalue weighted by Gasteiger charge is 2.08. The first-order valence-corrected chi connectivity index (χ1v) is 5.58. The molecule has 0 saturated heterocycles. The molecule has 1 heterocycles. The van der Waals surface area contributed by atoms with E-state index in [4.69, 9.17) is 11.6 Å². The number of nitrogens with zero attached hydrogens (tertiary/aromatic N) is 2. The molecule has 2 nitrogen and oxygen atoms in total. The fourth-order valence-corrected chi connectivity index (χ4v) is 1.48. The molecule has 0 saturated carbocycles. The minimum absolute atomic E-state index is 0.393.